The SMILES string of the molecule is O=C1CCC(N2C(=O)c3cccc(SCCI)c3C2=O)C(=O)N1. The zero-order chi connectivity index (χ0) is 16.6. The van der Waals surface area contributed by atoms with E-state index >= 15 is 0 Å². The predicted molar refractivity (Wildman–Crippen MR) is 92.7 cm³/mol. The van der Waals surface area contributed by atoms with Crippen molar-refractivity contribution in [2.24, 2.45) is 0 Å². The van der Waals surface area contributed by atoms with Gasteiger partial charge in [0.05, 0.1) is 11.1 Å². The van der Waals surface area contributed by atoms with Crippen LogP contribution in [-0.2, 0) is 9.59 Å². The monoisotopic (exact) mass is 444 g/mol. The number of nitrogens with one attached hydrogen (secondary N) is 1. The first-order valence-electron chi connectivity index (χ1n) is 7.08. The Kier molecular flexibility index (Phi) is 4.72. The molecule has 8 heteroatoms. The molecule has 2 aliphatic rings. The molecular weight excluding hydrogens is 431 g/mol. The molecule has 4 amide bonds. The van der Waals surface area contributed by atoms with Crippen LogP contribution >= 0.6 is 34.4 Å². The molecule has 0 spiro atoms. The van der Waals surface area contributed by atoms with Crippen LogP contribution in [0.5, 0.6) is 0 Å². The van der Waals surface area contributed by atoms with Crippen LogP contribution in [0.15, 0.2) is 23.1 Å². The second kappa shape index (κ2) is 6.60. The van der Waals surface area contributed by atoms with Crippen LogP contribution in [0.2, 0.25) is 0 Å². The molecule has 0 radical (unpaired) electrons. The lowest BCUT2D eigenvalue weighted by Gasteiger charge is -2.27. The number of halogens is 1. The number of thioether (sulfide) groups is 1. The van der Waals surface area contributed by atoms with E-state index in [1.165, 1.54) is 11.8 Å². The van der Waals surface area contributed by atoms with E-state index in [4.69, 9.17) is 0 Å². The van der Waals surface area contributed by atoms with Crippen LogP contribution in [0.25, 0.3) is 0 Å². The van der Waals surface area contributed by atoms with Gasteiger partial charge >= 0.3 is 0 Å². The van der Waals surface area contributed by atoms with Gasteiger partial charge in [-0.25, -0.2) is 0 Å². The van der Waals surface area contributed by atoms with E-state index < -0.39 is 23.8 Å². The highest BCUT2D eigenvalue weighted by molar-refractivity contribution is 14.1. The maximum atomic E-state index is 12.7. The minimum Gasteiger partial charge on any atom is -0.295 e. The molecule has 23 heavy (non-hydrogen) atoms. The van der Waals surface area contributed by atoms with Crippen molar-refractivity contribution in [2.75, 3.05) is 10.2 Å². The highest BCUT2D eigenvalue weighted by atomic mass is 127. The maximum absolute atomic E-state index is 12.7. The molecule has 1 aromatic carbocycles. The molecule has 0 aromatic heterocycles. The van der Waals surface area contributed by atoms with Crippen LogP contribution in [-0.4, -0.2) is 44.8 Å². The van der Waals surface area contributed by atoms with Crippen LogP contribution < -0.4 is 5.32 Å². The number of alkyl halides is 1. The fraction of sp³-hybridized carbons (Fsp3) is 0.333. The van der Waals surface area contributed by atoms with E-state index in [0.717, 1.165) is 20.0 Å². The molecule has 120 valence electrons. The van der Waals surface area contributed by atoms with Crippen molar-refractivity contribution >= 4 is 58.0 Å². The van der Waals surface area contributed by atoms with E-state index in [-0.39, 0.29) is 18.7 Å². The smallest absolute Gasteiger partial charge is 0.263 e. The van der Waals surface area contributed by atoms with Crippen LogP contribution in [0, 0.1) is 0 Å². The molecular formula is C15H13IN2O4S. The molecule has 1 atom stereocenters. The van der Waals surface area contributed by atoms with Gasteiger partial charge in [0, 0.05) is 21.5 Å². The van der Waals surface area contributed by atoms with Crippen molar-refractivity contribution in [3.8, 4) is 0 Å². The van der Waals surface area contributed by atoms with Crippen molar-refractivity contribution in [3.63, 3.8) is 0 Å². The molecule has 1 fully saturated rings. The first kappa shape index (κ1) is 16.4. The lowest BCUT2D eigenvalue weighted by atomic mass is 10.0. The third-order valence-electron chi connectivity index (χ3n) is 3.76. The minimum absolute atomic E-state index is 0.125. The predicted octanol–water partition coefficient (Wildman–Crippen LogP) is 1.61. The van der Waals surface area contributed by atoms with E-state index in [0.29, 0.717) is 11.1 Å². The number of imide groups is 2. The van der Waals surface area contributed by atoms with Gasteiger partial charge in [-0.15, -0.1) is 11.8 Å². The molecule has 1 saturated heterocycles. The molecule has 3 rings (SSSR count). The van der Waals surface area contributed by atoms with Crippen molar-refractivity contribution in [2.45, 2.75) is 23.8 Å². The van der Waals surface area contributed by atoms with Crippen LogP contribution in [0.1, 0.15) is 33.6 Å². The lowest BCUT2D eigenvalue weighted by Crippen LogP contribution is -2.54. The zero-order valence-corrected chi connectivity index (χ0v) is 15.0. The van der Waals surface area contributed by atoms with E-state index in [9.17, 15) is 19.2 Å². The first-order valence-corrected chi connectivity index (χ1v) is 9.59. The summed E-state index contributed by atoms with van der Waals surface area (Å²) < 4.78 is 0.922. The average molecular weight is 444 g/mol. The molecule has 1 unspecified atom stereocenters. The summed E-state index contributed by atoms with van der Waals surface area (Å²) in [6.45, 7) is 0. The normalized spacial score (nSPS) is 20.7. The van der Waals surface area contributed by atoms with E-state index in [1.807, 2.05) is 6.07 Å². The van der Waals surface area contributed by atoms with Gasteiger partial charge in [-0.2, -0.15) is 0 Å². The molecule has 6 nitrogen and oxygen atoms in total. The van der Waals surface area contributed by atoms with E-state index in [1.54, 1.807) is 12.1 Å². The number of nitrogens with zero attached hydrogens (tertiary/aromatic N) is 1. The Hall–Kier alpha value is -1.42. The number of hydrogen-bond acceptors (Lipinski definition) is 5. The maximum Gasteiger partial charge on any atom is 0.263 e. The zero-order valence-electron chi connectivity index (χ0n) is 12.0. The average Bonchev–Trinajstić information content (AvgIpc) is 2.78. The standard InChI is InChI=1S/C15H13IN2O4S/c16-6-7-23-10-3-1-2-8-12(10)15(22)18(14(8)21)9-4-5-11(19)17-13(9)20/h1-3,9H,4-7H2,(H,17,19,20). The van der Waals surface area contributed by atoms with Crippen LogP contribution in [0.3, 0.4) is 0 Å². The Morgan fingerprint density at radius 1 is 1.22 bits per heavy atom. The molecule has 1 aromatic rings. The summed E-state index contributed by atoms with van der Waals surface area (Å²) in [6, 6.07) is 4.25. The summed E-state index contributed by atoms with van der Waals surface area (Å²) in [7, 11) is 0. The van der Waals surface area contributed by atoms with Gasteiger partial charge in [-0.3, -0.25) is 29.4 Å². The Morgan fingerprint density at radius 2 is 2.00 bits per heavy atom. The number of rotatable bonds is 4. The van der Waals surface area contributed by atoms with Gasteiger partial charge in [0.15, 0.2) is 0 Å². The van der Waals surface area contributed by atoms with Gasteiger partial charge in [0.1, 0.15) is 6.04 Å². The molecule has 2 heterocycles. The van der Waals surface area contributed by atoms with Gasteiger partial charge in [0.2, 0.25) is 11.8 Å². The van der Waals surface area contributed by atoms with Crippen molar-refractivity contribution in [1.82, 2.24) is 10.2 Å². The number of amides is 4. The molecule has 1 N–H and O–H groups in total. The number of fused-ring (bicyclic) bond motifs is 1. The fourth-order valence-electron chi connectivity index (χ4n) is 2.75. The topological polar surface area (TPSA) is 83.6 Å². The Balaban J connectivity index is 1.94. The summed E-state index contributed by atoms with van der Waals surface area (Å²) in [5.41, 5.74) is 0.704. The summed E-state index contributed by atoms with van der Waals surface area (Å²) in [6.07, 6.45) is 0.298. The van der Waals surface area contributed by atoms with Crippen LogP contribution in [0.4, 0.5) is 0 Å². The quantitative estimate of drug-likeness (QED) is 0.330. The van der Waals surface area contributed by atoms with Crippen molar-refractivity contribution in [1.29, 1.82) is 0 Å². The van der Waals surface area contributed by atoms with Crippen molar-refractivity contribution < 1.29 is 19.2 Å². The third-order valence-corrected chi connectivity index (χ3v) is 6.10. The Labute approximate surface area is 150 Å². The summed E-state index contributed by atoms with van der Waals surface area (Å²) >= 11 is 3.77. The highest BCUT2D eigenvalue weighted by Gasteiger charge is 2.45. The fourth-order valence-corrected chi connectivity index (χ4v) is 4.23. The molecule has 0 saturated carbocycles. The van der Waals surface area contributed by atoms with Gasteiger partial charge < -0.3 is 0 Å². The summed E-state index contributed by atoms with van der Waals surface area (Å²) in [5.74, 6) is -1.04. The van der Waals surface area contributed by atoms with Gasteiger partial charge in [-0.1, -0.05) is 28.7 Å². The van der Waals surface area contributed by atoms with Crippen molar-refractivity contribution in [3.05, 3.63) is 29.3 Å². The van der Waals surface area contributed by atoms with Gasteiger partial charge in [-0.05, 0) is 18.6 Å². The Morgan fingerprint density at radius 3 is 2.70 bits per heavy atom. The summed E-state index contributed by atoms with van der Waals surface area (Å²) in [5, 5.41) is 2.19. The summed E-state index contributed by atoms with van der Waals surface area (Å²) in [4.78, 5) is 50.4. The van der Waals surface area contributed by atoms with Gasteiger partial charge in [0.25, 0.3) is 11.8 Å². The second-order valence-electron chi connectivity index (χ2n) is 5.16. The molecule has 0 aliphatic carbocycles. The number of hydrogen-bond donors (Lipinski definition) is 1. The number of carbonyl (C=O) groups excluding carboxylic acids is 4. The molecule has 2 aliphatic heterocycles. The highest BCUT2D eigenvalue weighted by Crippen LogP contribution is 2.34. The second-order valence-corrected chi connectivity index (χ2v) is 7.38. The largest absolute Gasteiger partial charge is 0.295 e. The lowest BCUT2D eigenvalue weighted by molar-refractivity contribution is -0.136. The third kappa shape index (κ3) is 2.89. The Bertz CT molecular complexity index is 721. The number of carbonyl (C=O) groups is 4. The minimum atomic E-state index is -0.914. The van der Waals surface area contributed by atoms with E-state index in [2.05, 4.69) is 27.9 Å². The molecule has 0 bridgehead atoms. The number of benzene rings is 1. The first-order chi connectivity index (χ1) is 11.0. The number of piperidine rings is 1.